The standard InChI is InChI=1S/C25H24Br2ClN3O4/c1-2-34-22(32)14-35-23-16(10-18(28)12-20(23)27)13-29-31-24(15-6-4-3-5-7-15)30-21-9-8-17(26)11-19(21)25(31)33/h8-13,15H,2-7,14H2,1H3. The van der Waals surface area contributed by atoms with Crippen LogP contribution in [0.3, 0.4) is 0 Å². The van der Waals surface area contributed by atoms with Crippen molar-refractivity contribution in [2.75, 3.05) is 13.2 Å². The second-order valence-corrected chi connectivity index (χ2v) is 10.4. The predicted octanol–water partition coefficient (Wildman–Crippen LogP) is 6.45. The molecule has 1 heterocycles. The molecule has 0 amide bonds. The number of rotatable bonds is 7. The molecule has 0 bridgehead atoms. The molecule has 7 nitrogen and oxygen atoms in total. The van der Waals surface area contributed by atoms with Gasteiger partial charge in [0.15, 0.2) is 6.61 Å². The molecular formula is C25H24Br2ClN3O4. The van der Waals surface area contributed by atoms with Gasteiger partial charge in [-0.2, -0.15) is 9.78 Å². The molecule has 3 aromatic rings. The highest BCUT2D eigenvalue weighted by atomic mass is 79.9. The lowest BCUT2D eigenvalue weighted by Crippen LogP contribution is -2.25. The van der Waals surface area contributed by atoms with Gasteiger partial charge in [-0.05, 0) is 66.0 Å². The lowest BCUT2D eigenvalue weighted by Gasteiger charge is -2.22. The van der Waals surface area contributed by atoms with Crippen molar-refractivity contribution < 1.29 is 14.3 Å². The first-order valence-electron chi connectivity index (χ1n) is 11.4. The molecule has 35 heavy (non-hydrogen) atoms. The van der Waals surface area contributed by atoms with Crippen molar-refractivity contribution in [2.45, 2.75) is 44.9 Å². The van der Waals surface area contributed by atoms with Crippen LogP contribution in [-0.4, -0.2) is 35.1 Å². The van der Waals surface area contributed by atoms with Gasteiger partial charge in [0.2, 0.25) is 0 Å². The molecule has 1 aliphatic rings. The Morgan fingerprint density at radius 1 is 1.23 bits per heavy atom. The summed E-state index contributed by atoms with van der Waals surface area (Å²) >= 11 is 13.1. The molecule has 1 saturated carbocycles. The number of carbonyl (C=O) groups is 1. The summed E-state index contributed by atoms with van der Waals surface area (Å²) in [6, 6.07) is 8.80. The van der Waals surface area contributed by atoms with E-state index in [-0.39, 0.29) is 24.7 Å². The lowest BCUT2D eigenvalue weighted by molar-refractivity contribution is -0.145. The van der Waals surface area contributed by atoms with Crippen LogP contribution in [0, 0.1) is 0 Å². The third-order valence-electron chi connectivity index (χ3n) is 5.79. The Labute approximate surface area is 224 Å². The Kier molecular flexibility index (Phi) is 8.62. The van der Waals surface area contributed by atoms with Crippen molar-refractivity contribution >= 4 is 66.5 Å². The fraction of sp³-hybridized carbons (Fsp3) is 0.360. The van der Waals surface area contributed by atoms with Gasteiger partial charge < -0.3 is 9.47 Å². The number of hydrogen-bond donors (Lipinski definition) is 0. The van der Waals surface area contributed by atoms with Crippen LogP contribution in [-0.2, 0) is 9.53 Å². The average Bonchev–Trinajstić information content (AvgIpc) is 2.83. The van der Waals surface area contributed by atoms with Gasteiger partial charge in [0.25, 0.3) is 5.56 Å². The van der Waals surface area contributed by atoms with Crippen molar-refractivity contribution in [2.24, 2.45) is 5.10 Å². The maximum absolute atomic E-state index is 13.5. The molecule has 184 valence electrons. The number of benzene rings is 2. The molecule has 10 heteroatoms. The number of nitrogens with zero attached hydrogens (tertiary/aromatic N) is 3. The first-order chi connectivity index (χ1) is 16.9. The highest BCUT2D eigenvalue weighted by Crippen LogP contribution is 2.33. The second kappa shape index (κ2) is 11.7. The van der Waals surface area contributed by atoms with Crippen LogP contribution < -0.4 is 10.3 Å². The fourth-order valence-corrected chi connectivity index (χ4v) is 5.49. The van der Waals surface area contributed by atoms with E-state index in [0.717, 1.165) is 30.2 Å². The molecule has 2 aromatic carbocycles. The minimum Gasteiger partial charge on any atom is -0.480 e. The van der Waals surface area contributed by atoms with E-state index in [9.17, 15) is 9.59 Å². The van der Waals surface area contributed by atoms with Gasteiger partial charge in [0, 0.05) is 21.0 Å². The van der Waals surface area contributed by atoms with Crippen molar-refractivity contribution in [1.29, 1.82) is 0 Å². The van der Waals surface area contributed by atoms with Crippen LogP contribution in [0.4, 0.5) is 0 Å². The molecule has 1 aliphatic carbocycles. The summed E-state index contributed by atoms with van der Waals surface area (Å²) in [4.78, 5) is 30.2. The van der Waals surface area contributed by atoms with Crippen LogP contribution in [0.15, 0.2) is 49.2 Å². The Bertz CT molecular complexity index is 1340. The Morgan fingerprint density at radius 3 is 2.74 bits per heavy atom. The van der Waals surface area contributed by atoms with Crippen molar-refractivity contribution in [3.8, 4) is 5.75 Å². The molecule has 0 N–H and O–H groups in total. The molecule has 0 aliphatic heterocycles. The zero-order chi connectivity index (χ0) is 24.9. The van der Waals surface area contributed by atoms with Gasteiger partial charge in [-0.15, -0.1) is 0 Å². The average molecular weight is 626 g/mol. The van der Waals surface area contributed by atoms with Crippen LogP contribution in [0.5, 0.6) is 5.75 Å². The van der Waals surface area contributed by atoms with E-state index in [2.05, 4.69) is 37.0 Å². The van der Waals surface area contributed by atoms with E-state index < -0.39 is 5.97 Å². The molecule has 0 radical (unpaired) electrons. The van der Waals surface area contributed by atoms with E-state index in [1.54, 1.807) is 25.1 Å². The maximum Gasteiger partial charge on any atom is 0.344 e. The number of hydrogen-bond acceptors (Lipinski definition) is 6. The third kappa shape index (κ3) is 6.13. The Balaban J connectivity index is 1.79. The molecule has 1 fully saturated rings. The highest BCUT2D eigenvalue weighted by Gasteiger charge is 2.23. The predicted molar refractivity (Wildman–Crippen MR) is 144 cm³/mol. The summed E-state index contributed by atoms with van der Waals surface area (Å²) in [5.74, 6) is 0.676. The molecule has 0 unspecified atom stereocenters. The Hall–Kier alpha value is -2.23. The normalized spacial score (nSPS) is 14.5. The number of fused-ring (bicyclic) bond motifs is 1. The van der Waals surface area contributed by atoms with Crippen molar-refractivity contribution in [3.05, 3.63) is 66.0 Å². The first-order valence-corrected chi connectivity index (χ1v) is 13.4. The molecule has 0 saturated heterocycles. The summed E-state index contributed by atoms with van der Waals surface area (Å²) in [5.41, 5.74) is 0.905. The van der Waals surface area contributed by atoms with E-state index >= 15 is 0 Å². The minimum absolute atomic E-state index is 0.146. The summed E-state index contributed by atoms with van der Waals surface area (Å²) in [6.07, 6.45) is 6.80. The van der Waals surface area contributed by atoms with E-state index in [0.29, 0.717) is 37.5 Å². The number of ether oxygens (including phenoxy) is 2. The summed E-state index contributed by atoms with van der Waals surface area (Å²) in [7, 11) is 0. The number of esters is 1. The topological polar surface area (TPSA) is 82.8 Å². The number of halogens is 3. The second-order valence-electron chi connectivity index (χ2n) is 8.23. The summed E-state index contributed by atoms with van der Waals surface area (Å²) in [6.45, 7) is 1.72. The number of carbonyl (C=O) groups excluding carboxylic acids is 1. The van der Waals surface area contributed by atoms with Gasteiger partial charge in [0.1, 0.15) is 11.6 Å². The smallest absolute Gasteiger partial charge is 0.344 e. The summed E-state index contributed by atoms with van der Waals surface area (Å²) in [5, 5.41) is 5.48. The zero-order valence-electron chi connectivity index (χ0n) is 19.1. The molecular weight excluding hydrogens is 602 g/mol. The SMILES string of the molecule is CCOC(=O)COc1c(Br)cc(Cl)cc1C=Nn1c(C2CCCCC2)nc2ccc(Br)cc2c1=O. The first kappa shape index (κ1) is 25.9. The quantitative estimate of drug-likeness (QED) is 0.223. The molecule has 4 rings (SSSR count). The monoisotopic (exact) mass is 623 g/mol. The molecule has 1 aromatic heterocycles. The van der Waals surface area contributed by atoms with Crippen LogP contribution in [0.1, 0.15) is 56.3 Å². The largest absolute Gasteiger partial charge is 0.480 e. The zero-order valence-corrected chi connectivity index (χ0v) is 23.0. The van der Waals surface area contributed by atoms with Crippen molar-refractivity contribution in [3.63, 3.8) is 0 Å². The Morgan fingerprint density at radius 2 is 2.00 bits per heavy atom. The lowest BCUT2D eigenvalue weighted by atomic mass is 9.88. The fourth-order valence-electron chi connectivity index (χ4n) is 4.18. The number of aromatic nitrogens is 2. The van der Waals surface area contributed by atoms with Crippen LogP contribution >= 0.6 is 43.5 Å². The highest BCUT2D eigenvalue weighted by molar-refractivity contribution is 9.10. The van der Waals surface area contributed by atoms with Crippen LogP contribution in [0.2, 0.25) is 5.02 Å². The van der Waals surface area contributed by atoms with Crippen molar-refractivity contribution in [1.82, 2.24) is 9.66 Å². The van der Waals surface area contributed by atoms with Gasteiger partial charge >= 0.3 is 5.97 Å². The van der Waals surface area contributed by atoms with E-state index in [1.165, 1.54) is 17.3 Å². The van der Waals surface area contributed by atoms with Gasteiger partial charge in [-0.1, -0.05) is 46.8 Å². The summed E-state index contributed by atoms with van der Waals surface area (Å²) < 4.78 is 13.4. The minimum atomic E-state index is -0.489. The van der Waals surface area contributed by atoms with Gasteiger partial charge in [-0.3, -0.25) is 4.79 Å². The molecule has 0 spiro atoms. The van der Waals surface area contributed by atoms with Gasteiger partial charge in [0.05, 0.1) is 28.2 Å². The van der Waals surface area contributed by atoms with E-state index in [1.807, 2.05) is 12.1 Å². The van der Waals surface area contributed by atoms with Gasteiger partial charge in [-0.25, -0.2) is 9.78 Å². The third-order valence-corrected chi connectivity index (χ3v) is 7.09. The molecule has 0 atom stereocenters. The maximum atomic E-state index is 13.5. The van der Waals surface area contributed by atoms with Crippen LogP contribution in [0.25, 0.3) is 10.9 Å². The van der Waals surface area contributed by atoms with E-state index in [4.69, 9.17) is 26.1 Å².